The molecule has 12 heteroatoms. The minimum atomic E-state index is -3.87. The van der Waals surface area contributed by atoms with Crippen LogP contribution < -0.4 is 4.72 Å². The van der Waals surface area contributed by atoms with E-state index in [1.54, 1.807) is 19.9 Å². The van der Waals surface area contributed by atoms with E-state index in [-0.39, 0.29) is 29.5 Å². The van der Waals surface area contributed by atoms with Crippen molar-refractivity contribution in [2.45, 2.75) is 45.7 Å². The molecule has 1 saturated carbocycles. The lowest BCUT2D eigenvalue weighted by atomic mass is 9.94. The van der Waals surface area contributed by atoms with Crippen molar-refractivity contribution in [3.8, 4) is 0 Å². The number of aryl methyl sites for hydroxylation is 1. The van der Waals surface area contributed by atoms with Crippen molar-refractivity contribution in [3.63, 3.8) is 0 Å². The van der Waals surface area contributed by atoms with E-state index >= 15 is 0 Å². The number of imide groups is 1. The summed E-state index contributed by atoms with van der Waals surface area (Å²) in [6.07, 6.45) is 5.48. The van der Waals surface area contributed by atoms with Crippen molar-refractivity contribution in [3.05, 3.63) is 40.7 Å². The number of amides is 3. The number of fused-ring (bicyclic) bond motifs is 1. The molecule has 1 aromatic rings. The zero-order chi connectivity index (χ0) is 24.0. The minimum absolute atomic E-state index is 0.0707. The third-order valence-corrected chi connectivity index (χ3v) is 7.30. The van der Waals surface area contributed by atoms with Crippen molar-refractivity contribution in [1.82, 2.24) is 14.8 Å². The molecular weight excluding hydrogens is 452 g/mol. The van der Waals surface area contributed by atoms with Gasteiger partial charge in [-0.15, -0.1) is 0 Å². The Hall–Kier alpha value is -3.12. The Morgan fingerprint density at radius 3 is 2.70 bits per heavy atom. The molecule has 0 spiro atoms. The van der Waals surface area contributed by atoms with Gasteiger partial charge in [0.25, 0.3) is 0 Å². The Bertz CT molecular complexity index is 1220. The number of nitrogens with zero attached hydrogens (tertiary/aromatic N) is 3. The first-order valence-electron chi connectivity index (χ1n) is 10.5. The summed E-state index contributed by atoms with van der Waals surface area (Å²) in [6, 6.07) is 0.851. The predicted molar refractivity (Wildman–Crippen MR) is 114 cm³/mol. The van der Waals surface area contributed by atoms with Gasteiger partial charge in [0.1, 0.15) is 11.6 Å². The van der Waals surface area contributed by atoms with E-state index in [1.165, 1.54) is 18.2 Å². The van der Waals surface area contributed by atoms with E-state index in [9.17, 15) is 22.8 Å². The summed E-state index contributed by atoms with van der Waals surface area (Å²) in [6.45, 7) is 4.64. The summed E-state index contributed by atoms with van der Waals surface area (Å²) >= 11 is 0. The molecule has 0 bridgehead atoms. The van der Waals surface area contributed by atoms with Crippen molar-refractivity contribution in [2.24, 2.45) is 5.92 Å². The highest BCUT2D eigenvalue weighted by Crippen LogP contribution is 2.36. The number of sulfonamides is 1. The molecule has 1 aromatic heterocycles. The van der Waals surface area contributed by atoms with E-state index in [0.717, 1.165) is 22.3 Å². The third kappa shape index (κ3) is 4.67. The average molecular weight is 478 g/mol. The molecule has 1 unspecified atom stereocenters. The molecule has 0 saturated heterocycles. The van der Waals surface area contributed by atoms with Crippen molar-refractivity contribution in [2.75, 3.05) is 13.2 Å². The van der Waals surface area contributed by atoms with Crippen molar-refractivity contribution >= 4 is 33.6 Å². The highest BCUT2D eigenvalue weighted by Gasteiger charge is 2.49. The Kier molecular flexibility index (Phi) is 5.83. The SMILES string of the molecule is CCOC(=O)C[N+]1=C2C=CC(S(=O)(=O)NC3(C)CC3)=CC2C(=O)N(Cc2cc(C)no2)C1=O. The van der Waals surface area contributed by atoms with Crippen LogP contribution in [0, 0.1) is 12.8 Å². The fourth-order valence-electron chi connectivity index (χ4n) is 3.69. The normalized spacial score (nSPS) is 21.7. The molecule has 2 heterocycles. The predicted octanol–water partition coefficient (Wildman–Crippen LogP) is 1.00. The van der Waals surface area contributed by atoms with Gasteiger partial charge in [-0.1, -0.05) is 5.16 Å². The van der Waals surface area contributed by atoms with Crippen LogP contribution in [0.1, 0.15) is 38.1 Å². The highest BCUT2D eigenvalue weighted by molar-refractivity contribution is 7.93. The largest absolute Gasteiger partial charge is 0.501 e. The number of hydrogen-bond acceptors (Lipinski definition) is 8. The number of aromatic nitrogens is 1. The van der Waals surface area contributed by atoms with Gasteiger partial charge >= 0.3 is 17.9 Å². The van der Waals surface area contributed by atoms with Crippen LogP contribution in [0.25, 0.3) is 0 Å². The molecule has 1 N–H and O–H groups in total. The topological polar surface area (TPSA) is 139 Å². The Labute approximate surface area is 190 Å². The highest BCUT2D eigenvalue weighted by atomic mass is 32.2. The number of allylic oxidation sites excluding steroid dienone is 2. The Morgan fingerprint density at radius 2 is 2.09 bits per heavy atom. The number of nitrogens with one attached hydrogen (secondary N) is 1. The number of esters is 1. The number of carbonyl (C=O) groups excluding carboxylic acids is 3. The molecule has 1 atom stereocenters. The summed E-state index contributed by atoms with van der Waals surface area (Å²) < 4.78 is 39.6. The Balaban J connectivity index is 1.72. The summed E-state index contributed by atoms with van der Waals surface area (Å²) in [5, 5.41) is 3.76. The van der Waals surface area contributed by atoms with Crippen LogP contribution in [0.5, 0.6) is 0 Å². The summed E-state index contributed by atoms with van der Waals surface area (Å²) in [7, 11) is -3.87. The van der Waals surface area contributed by atoms with Gasteiger partial charge in [-0.25, -0.2) is 22.7 Å². The van der Waals surface area contributed by atoms with Gasteiger partial charge in [0.15, 0.2) is 18.8 Å². The van der Waals surface area contributed by atoms with Crippen LogP contribution in [0.3, 0.4) is 0 Å². The fraction of sp³-hybridized carbons (Fsp3) is 0.476. The summed E-state index contributed by atoms with van der Waals surface area (Å²) in [5.74, 6) is -2.08. The molecule has 0 radical (unpaired) electrons. The number of carbonyl (C=O) groups is 3. The molecule has 4 rings (SSSR count). The van der Waals surface area contributed by atoms with Gasteiger partial charge in [0.2, 0.25) is 10.0 Å². The van der Waals surface area contributed by atoms with E-state index in [4.69, 9.17) is 9.26 Å². The number of urea groups is 1. The van der Waals surface area contributed by atoms with Crippen LogP contribution in [0.4, 0.5) is 4.79 Å². The average Bonchev–Trinajstić information content (AvgIpc) is 3.32. The van der Waals surface area contributed by atoms with Gasteiger partial charge < -0.3 is 9.26 Å². The minimum Gasteiger partial charge on any atom is -0.463 e. The molecule has 1 aliphatic heterocycles. The molecule has 3 aliphatic rings. The molecule has 1 fully saturated rings. The van der Waals surface area contributed by atoms with E-state index in [0.29, 0.717) is 5.69 Å². The number of hydrogen-bond donors (Lipinski definition) is 1. The second-order valence-electron chi connectivity index (χ2n) is 8.50. The van der Waals surface area contributed by atoms with Gasteiger partial charge in [0.05, 0.1) is 17.2 Å². The smallest absolute Gasteiger partial charge is 0.463 e. The van der Waals surface area contributed by atoms with Crippen LogP contribution in [0.2, 0.25) is 0 Å². The maximum Gasteiger partial charge on any atom is 0.501 e. The van der Waals surface area contributed by atoms with E-state index < -0.39 is 45.9 Å². The second-order valence-corrected chi connectivity index (χ2v) is 10.2. The molecule has 0 aromatic carbocycles. The van der Waals surface area contributed by atoms with Gasteiger partial charge in [-0.05, 0) is 51.8 Å². The molecule has 11 nitrogen and oxygen atoms in total. The zero-order valence-electron chi connectivity index (χ0n) is 18.5. The zero-order valence-corrected chi connectivity index (χ0v) is 19.3. The summed E-state index contributed by atoms with van der Waals surface area (Å²) in [4.78, 5) is 39.5. The van der Waals surface area contributed by atoms with E-state index in [2.05, 4.69) is 9.88 Å². The van der Waals surface area contributed by atoms with Crippen LogP contribution in [-0.2, 0) is 30.9 Å². The Morgan fingerprint density at radius 1 is 1.36 bits per heavy atom. The maximum absolute atomic E-state index is 13.3. The van der Waals surface area contributed by atoms with Crippen molar-refractivity contribution in [1.29, 1.82) is 0 Å². The second kappa shape index (κ2) is 8.34. The molecule has 33 heavy (non-hydrogen) atoms. The first-order valence-corrected chi connectivity index (χ1v) is 12.0. The molecule has 2 aliphatic carbocycles. The first kappa shape index (κ1) is 23.1. The fourth-order valence-corrected chi connectivity index (χ4v) is 5.22. The number of ether oxygens (including phenoxy) is 1. The van der Waals surface area contributed by atoms with Gasteiger partial charge in [-0.3, -0.25) is 0 Å². The molecule has 176 valence electrons. The standard InChI is InChI=1S/C21H25N4O7S/c1-4-31-18(26)12-24-17-6-5-15(33(29,30)23-21(3)7-8-21)10-16(17)19(27)25(20(24)28)11-14-9-13(2)22-32-14/h5-6,9-10,16,23H,4,7-8,11-12H2,1-3H3/q+1. The van der Waals surface area contributed by atoms with Gasteiger partial charge in [-0.2, -0.15) is 14.3 Å². The first-order chi connectivity index (χ1) is 15.5. The monoisotopic (exact) mass is 477 g/mol. The lowest BCUT2D eigenvalue weighted by Gasteiger charge is -2.27. The quantitative estimate of drug-likeness (QED) is 0.432. The van der Waals surface area contributed by atoms with Crippen molar-refractivity contribution < 1.29 is 36.6 Å². The lowest BCUT2D eigenvalue weighted by Crippen LogP contribution is -2.55. The van der Waals surface area contributed by atoms with Crippen LogP contribution in [-0.4, -0.2) is 65.4 Å². The van der Waals surface area contributed by atoms with Crippen LogP contribution in [0.15, 0.2) is 33.7 Å². The maximum atomic E-state index is 13.3. The van der Waals surface area contributed by atoms with Crippen LogP contribution >= 0.6 is 0 Å². The lowest BCUT2D eigenvalue weighted by molar-refractivity contribution is -0.431. The number of rotatable bonds is 8. The van der Waals surface area contributed by atoms with E-state index in [1.807, 2.05) is 6.92 Å². The molecular formula is C21H25N4O7S+. The molecule has 3 amide bonds. The third-order valence-electron chi connectivity index (χ3n) is 5.65. The van der Waals surface area contributed by atoms with Gasteiger partial charge in [0, 0.05) is 11.6 Å². The summed E-state index contributed by atoms with van der Waals surface area (Å²) in [5.41, 5.74) is 0.293.